The maximum Gasteiger partial charge on any atom is 0.475 e. The Morgan fingerprint density at radius 2 is 2.06 bits per heavy atom. The van der Waals surface area contributed by atoms with E-state index in [9.17, 15) is 4.79 Å². The number of carbonyl (C=O) groups is 1. The van der Waals surface area contributed by atoms with Gasteiger partial charge < -0.3 is 21.4 Å². The molecule has 1 aromatic heterocycles. The lowest BCUT2D eigenvalue weighted by Crippen LogP contribution is -3.00. The first-order valence-electron chi connectivity index (χ1n) is 4.98. The summed E-state index contributed by atoms with van der Waals surface area (Å²) in [5.74, 6) is 0.318. The zero-order valence-electron chi connectivity index (χ0n) is 9.56. The largest absolute Gasteiger partial charge is 1.00 e. The minimum absolute atomic E-state index is 0. The summed E-state index contributed by atoms with van der Waals surface area (Å²) in [4.78, 5) is 11.9. The molecule has 0 saturated heterocycles. The molecule has 7 heteroatoms. The summed E-state index contributed by atoms with van der Waals surface area (Å²) in [6, 6.07) is 6.76. The maximum absolute atomic E-state index is 11.9. The first-order valence-corrected chi connectivity index (χ1v) is 5.36. The number of aryl methyl sites for hydroxylation is 1. The normalized spacial score (nSPS) is 9.89. The third-order valence-corrected chi connectivity index (χ3v) is 2.48. The molecular weight excluding hydrogens is 321 g/mol. The van der Waals surface area contributed by atoms with Gasteiger partial charge in [-0.05, 0) is 29.4 Å². The second-order valence-electron chi connectivity index (χ2n) is 3.55. The van der Waals surface area contributed by atoms with E-state index in [0.717, 1.165) is 0 Å². The number of hydrogen-bond donors (Lipinski definition) is 1. The van der Waals surface area contributed by atoms with Gasteiger partial charge in [0.25, 0.3) is 0 Å². The first-order chi connectivity index (χ1) is 8.06. The fourth-order valence-corrected chi connectivity index (χ4v) is 1.55. The molecule has 18 heavy (non-hydrogen) atoms. The van der Waals surface area contributed by atoms with Crippen molar-refractivity contribution in [1.82, 2.24) is 5.10 Å². The predicted molar refractivity (Wildman–Crippen MR) is 61.6 cm³/mol. The van der Waals surface area contributed by atoms with Crippen LogP contribution in [0.1, 0.15) is 16.2 Å². The Hall–Kier alpha value is -1.40. The van der Waals surface area contributed by atoms with Crippen LogP contribution in [0.25, 0.3) is 0 Å². The molecular formula is C11H11BrClN3O2. The van der Waals surface area contributed by atoms with Crippen molar-refractivity contribution in [3.8, 4) is 0 Å². The van der Waals surface area contributed by atoms with Crippen molar-refractivity contribution >= 4 is 23.4 Å². The summed E-state index contributed by atoms with van der Waals surface area (Å²) in [5, 5.41) is 4.56. The first kappa shape index (κ1) is 14.7. The molecule has 2 aromatic rings. The molecule has 0 radical (unpaired) electrons. The van der Waals surface area contributed by atoms with Crippen molar-refractivity contribution in [1.29, 1.82) is 0 Å². The quantitative estimate of drug-likeness (QED) is 0.542. The molecule has 2 N–H and O–H groups in total. The zero-order chi connectivity index (χ0) is 12.4. The molecule has 2 rings (SSSR count). The van der Waals surface area contributed by atoms with Gasteiger partial charge in [-0.15, -0.1) is 0 Å². The van der Waals surface area contributed by atoms with Gasteiger partial charge in [-0.3, -0.25) is 10.5 Å². The van der Waals surface area contributed by atoms with Crippen LogP contribution in [0, 0.1) is 6.92 Å². The predicted octanol–water partition coefficient (Wildman–Crippen LogP) is -1.61. The van der Waals surface area contributed by atoms with Crippen LogP contribution in [0.4, 0.5) is 6.01 Å². The summed E-state index contributed by atoms with van der Waals surface area (Å²) in [6.45, 7) is 1.71. The van der Waals surface area contributed by atoms with Crippen LogP contribution in [0.2, 0.25) is 5.02 Å². The van der Waals surface area contributed by atoms with Crippen LogP contribution >= 0.6 is 11.6 Å². The van der Waals surface area contributed by atoms with E-state index < -0.39 is 0 Å². The molecule has 0 unspecified atom stereocenters. The molecule has 1 aromatic carbocycles. The van der Waals surface area contributed by atoms with E-state index in [0.29, 0.717) is 16.5 Å². The lowest BCUT2D eigenvalue weighted by atomic mass is 10.1. The third kappa shape index (κ3) is 3.30. The molecule has 0 bridgehead atoms. The number of anilines is 1. The van der Waals surface area contributed by atoms with E-state index in [4.69, 9.17) is 21.8 Å². The smallest absolute Gasteiger partial charge is 0.475 e. The molecule has 96 valence electrons. The molecule has 0 atom stereocenters. The fraction of sp³-hybridized carbons (Fsp3) is 0.182. The number of nitrogens with two attached hydrogens (primary N) is 1. The van der Waals surface area contributed by atoms with Gasteiger partial charge in [-0.25, -0.2) is 0 Å². The van der Waals surface area contributed by atoms with Crippen molar-refractivity contribution in [3.05, 3.63) is 40.7 Å². The van der Waals surface area contributed by atoms with Gasteiger partial charge in [-0.2, -0.15) is 0 Å². The number of hydrogen-bond acceptors (Lipinski definition) is 4. The zero-order valence-corrected chi connectivity index (χ0v) is 11.9. The number of ketones is 1. The van der Waals surface area contributed by atoms with E-state index in [1.807, 2.05) is 0 Å². The Balaban J connectivity index is 0.00000162. The topological polar surface area (TPSA) is 73.0 Å². The van der Waals surface area contributed by atoms with Crippen LogP contribution in [0.5, 0.6) is 0 Å². The van der Waals surface area contributed by atoms with Crippen LogP contribution in [-0.4, -0.2) is 10.9 Å². The molecule has 0 spiro atoms. The van der Waals surface area contributed by atoms with Crippen molar-refractivity contribution in [2.24, 2.45) is 0 Å². The van der Waals surface area contributed by atoms with Crippen LogP contribution in [-0.2, 0) is 6.54 Å². The van der Waals surface area contributed by atoms with Gasteiger partial charge in [0.15, 0.2) is 6.54 Å². The van der Waals surface area contributed by atoms with Gasteiger partial charge >= 0.3 is 6.01 Å². The van der Waals surface area contributed by atoms with Crippen molar-refractivity contribution < 1.29 is 30.9 Å². The summed E-state index contributed by atoms with van der Waals surface area (Å²) >= 11 is 5.74. The highest BCUT2D eigenvalue weighted by Gasteiger charge is 2.18. The van der Waals surface area contributed by atoms with Crippen LogP contribution < -0.4 is 27.4 Å². The van der Waals surface area contributed by atoms with Gasteiger partial charge in [0.2, 0.25) is 11.7 Å². The second-order valence-corrected chi connectivity index (χ2v) is 3.98. The maximum atomic E-state index is 11.9. The van der Waals surface area contributed by atoms with E-state index in [-0.39, 0.29) is 35.3 Å². The number of halogens is 2. The second kappa shape index (κ2) is 5.97. The van der Waals surface area contributed by atoms with Gasteiger partial charge in [0.05, 0.1) is 0 Å². The highest BCUT2D eigenvalue weighted by atomic mass is 79.9. The lowest BCUT2D eigenvalue weighted by Gasteiger charge is -1.97. The SMILES string of the molecule is Cc1n[n+](CC(=O)c2ccc(Cl)cc2)c(N)o1.[Br-]. The Bertz CT molecular complexity index is 554. The standard InChI is InChI=1S/C11H10ClN3O2.BrH/c1-7-14-15(11(13)17-7)6-10(16)8-2-4-9(12)5-3-8;/h2-5,13H,6H2,1H3;1H. The summed E-state index contributed by atoms with van der Waals surface area (Å²) in [6.07, 6.45) is 0. The Morgan fingerprint density at radius 3 is 2.56 bits per heavy atom. The molecule has 0 aliphatic heterocycles. The number of rotatable bonds is 3. The highest BCUT2D eigenvalue weighted by molar-refractivity contribution is 6.30. The van der Waals surface area contributed by atoms with E-state index >= 15 is 0 Å². The molecule has 1 heterocycles. The number of carbonyl (C=O) groups excluding carboxylic acids is 1. The average molecular weight is 333 g/mol. The lowest BCUT2D eigenvalue weighted by molar-refractivity contribution is -0.727. The Labute approximate surface area is 119 Å². The fourth-order valence-electron chi connectivity index (χ4n) is 1.42. The number of benzene rings is 1. The molecule has 0 aliphatic carbocycles. The number of nitrogen functional groups attached to an aromatic ring is 1. The van der Waals surface area contributed by atoms with Crippen molar-refractivity contribution in [3.63, 3.8) is 0 Å². The van der Waals surface area contributed by atoms with E-state index in [1.165, 1.54) is 4.68 Å². The number of nitrogens with zero attached hydrogens (tertiary/aromatic N) is 2. The monoisotopic (exact) mass is 331 g/mol. The number of Topliss-reactive ketones (excluding diaryl/α,β-unsaturated/α-hetero) is 1. The van der Waals surface area contributed by atoms with E-state index in [2.05, 4.69) is 5.10 Å². The minimum atomic E-state index is -0.105. The van der Waals surface area contributed by atoms with Crippen LogP contribution in [0.15, 0.2) is 28.7 Å². The third-order valence-electron chi connectivity index (χ3n) is 2.23. The van der Waals surface area contributed by atoms with Gasteiger partial charge in [0, 0.05) is 17.5 Å². The molecule has 0 saturated carbocycles. The van der Waals surface area contributed by atoms with Gasteiger partial charge in [0.1, 0.15) is 0 Å². The molecule has 0 fully saturated rings. The van der Waals surface area contributed by atoms with E-state index in [1.54, 1.807) is 31.2 Å². The van der Waals surface area contributed by atoms with Crippen LogP contribution in [0.3, 0.4) is 0 Å². The average Bonchev–Trinajstić information content (AvgIpc) is 2.58. The summed E-state index contributed by atoms with van der Waals surface area (Å²) in [5.41, 5.74) is 6.11. The molecule has 0 aliphatic rings. The van der Waals surface area contributed by atoms with Crippen molar-refractivity contribution in [2.45, 2.75) is 13.5 Å². The van der Waals surface area contributed by atoms with Crippen molar-refractivity contribution in [2.75, 3.05) is 5.73 Å². The van der Waals surface area contributed by atoms with Gasteiger partial charge in [-0.1, -0.05) is 16.3 Å². The summed E-state index contributed by atoms with van der Waals surface area (Å²) in [7, 11) is 0. The highest BCUT2D eigenvalue weighted by Crippen LogP contribution is 2.10. The summed E-state index contributed by atoms with van der Waals surface area (Å²) < 4.78 is 6.35. The molecule has 5 nitrogen and oxygen atoms in total. The molecule has 0 amide bonds. The minimum Gasteiger partial charge on any atom is -1.00 e. The Morgan fingerprint density at radius 1 is 1.44 bits per heavy atom. The number of aromatic nitrogens is 2. The Kier molecular flexibility index (Phi) is 4.86.